The van der Waals surface area contributed by atoms with Crippen molar-refractivity contribution in [3.05, 3.63) is 57.9 Å². The van der Waals surface area contributed by atoms with E-state index in [2.05, 4.69) is 45.0 Å². The zero-order valence-electron chi connectivity index (χ0n) is 36.9. The second kappa shape index (κ2) is 20.6. The topological polar surface area (TPSA) is 268 Å². The van der Waals surface area contributed by atoms with Crippen LogP contribution in [0.4, 0.5) is 11.4 Å². The molecule has 6 N–H and O–H groups in total. The molecular formula is C42H55N7O12S3. The fourth-order valence-electron chi connectivity index (χ4n) is 7.27. The lowest BCUT2D eigenvalue weighted by molar-refractivity contribution is -0.171. The molecule has 0 bridgehead atoms. The molecule has 0 fully saturated rings. The average molecular weight is 946 g/mol. The minimum atomic E-state index is -4.57. The standard InChI is InChI=1S/C42H55N7O12S3/c1-9-43-33-18-22(4)63(56,57)42-30(33)21-36(62-42)64(58,59)48-38(52)25(7)61-41(55)26(8)60-35(51)15-14-34(50)46-27-12-13-31-28(19-27)29(39(53)47-31)20-32-23(5)37(24(6)45-32)40(54)44-16-17-49(10-2)11-3/h12-13,19-22,25-26,33,43,45H,9-11,14-18H2,1-8H3,(H,44,54)(H,46,50)(H,47,53)(H,48,52)/b29-20-/t22-,25-,26-,33-/m0/s1. The Morgan fingerprint density at radius 2 is 1.72 bits per heavy atom. The fourth-order valence-corrected chi connectivity index (χ4v) is 12.3. The van der Waals surface area contributed by atoms with Gasteiger partial charge in [0.1, 0.15) is 8.42 Å². The molecule has 22 heteroatoms. The summed E-state index contributed by atoms with van der Waals surface area (Å²) in [6.07, 6.45) is -2.11. The molecule has 0 saturated heterocycles. The number of esters is 2. The fraction of sp³-hybridized carbons (Fsp3) is 0.476. The first kappa shape index (κ1) is 49.6. The monoisotopic (exact) mass is 945 g/mol. The van der Waals surface area contributed by atoms with Crippen molar-refractivity contribution in [2.45, 2.75) is 107 Å². The number of anilines is 2. The molecular weight excluding hydrogens is 891 g/mol. The van der Waals surface area contributed by atoms with Crippen molar-refractivity contribution < 1.29 is 55.1 Å². The molecule has 4 amide bonds. The minimum Gasteiger partial charge on any atom is -0.451 e. The van der Waals surface area contributed by atoms with Gasteiger partial charge in [0.05, 0.1) is 22.8 Å². The zero-order valence-corrected chi connectivity index (χ0v) is 39.4. The highest BCUT2D eigenvalue weighted by molar-refractivity contribution is 7.95. The van der Waals surface area contributed by atoms with Gasteiger partial charge in [0.2, 0.25) is 5.91 Å². The molecule has 19 nitrogen and oxygen atoms in total. The Labute approximate surface area is 376 Å². The number of hydrogen-bond acceptors (Lipinski definition) is 15. The number of nitrogens with one attached hydrogen (secondary N) is 6. The predicted octanol–water partition coefficient (Wildman–Crippen LogP) is 3.56. The maximum absolute atomic E-state index is 13.2. The van der Waals surface area contributed by atoms with Crippen LogP contribution in [0.3, 0.4) is 0 Å². The van der Waals surface area contributed by atoms with Gasteiger partial charge in [-0.2, -0.15) is 0 Å². The van der Waals surface area contributed by atoms with Crippen LogP contribution in [-0.2, 0) is 53.3 Å². The number of rotatable bonds is 19. The maximum atomic E-state index is 13.2. The van der Waals surface area contributed by atoms with Gasteiger partial charge < -0.3 is 40.6 Å². The molecule has 0 saturated carbocycles. The number of H-pyrrole nitrogens is 1. The lowest BCUT2D eigenvalue weighted by atomic mass is 10.0. The highest BCUT2D eigenvalue weighted by atomic mass is 32.3. The number of hydrogen-bond donors (Lipinski definition) is 6. The van der Waals surface area contributed by atoms with Crippen LogP contribution in [0.1, 0.15) is 105 Å². The van der Waals surface area contributed by atoms with Gasteiger partial charge in [-0.15, -0.1) is 11.3 Å². The van der Waals surface area contributed by atoms with E-state index >= 15 is 0 Å². The maximum Gasteiger partial charge on any atom is 0.347 e. The highest BCUT2D eigenvalue weighted by Crippen LogP contribution is 2.43. The summed E-state index contributed by atoms with van der Waals surface area (Å²) in [6.45, 7) is 16.8. The number of likely N-dealkylation sites (N-methyl/N-ethyl adjacent to an activating group) is 1. The number of aromatic nitrogens is 1. The van der Waals surface area contributed by atoms with Crippen molar-refractivity contribution in [1.82, 2.24) is 25.2 Å². The van der Waals surface area contributed by atoms with Gasteiger partial charge in [0.15, 0.2) is 22.0 Å². The SMILES string of the molecule is CCN[C@H]1C[C@H](C)S(=O)(=O)c2sc(S(=O)(=O)NC(=O)[C@H](C)OC(=O)[C@H](C)OC(=O)CCC(=O)Nc3ccc4c(c3)/C(=C/c3[nH]c(C)c(C(=O)NCCN(CC)CC)c3C)C(=O)N4)cc21. The molecule has 3 aromatic rings. The van der Waals surface area contributed by atoms with Gasteiger partial charge in [0.25, 0.3) is 27.7 Å². The first-order valence-corrected chi connectivity index (χ1v) is 24.7. The average Bonchev–Trinajstić information content (AvgIpc) is 3.91. The third-order valence-electron chi connectivity index (χ3n) is 10.9. The van der Waals surface area contributed by atoms with E-state index in [4.69, 9.17) is 9.47 Å². The van der Waals surface area contributed by atoms with Crippen molar-refractivity contribution in [3.63, 3.8) is 0 Å². The van der Waals surface area contributed by atoms with E-state index in [0.29, 0.717) is 81.6 Å². The molecule has 0 spiro atoms. The van der Waals surface area contributed by atoms with Crippen molar-refractivity contribution in [2.24, 2.45) is 0 Å². The van der Waals surface area contributed by atoms with E-state index in [1.165, 1.54) is 13.0 Å². The smallest absolute Gasteiger partial charge is 0.347 e. The predicted molar refractivity (Wildman–Crippen MR) is 240 cm³/mol. The molecule has 2 aliphatic rings. The lowest BCUT2D eigenvalue weighted by Gasteiger charge is -2.27. The Morgan fingerprint density at radius 1 is 1.02 bits per heavy atom. The van der Waals surface area contributed by atoms with Crippen LogP contribution in [0.5, 0.6) is 0 Å². The van der Waals surface area contributed by atoms with Gasteiger partial charge in [-0.1, -0.05) is 20.8 Å². The lowest BCUT2D eigenvalue weighted by Crippen LogP contribution is -2.41. The van der Waals surface area contributed by atoms with Crippen LogP contribution < -0.4 is 26.0 Å². The summed E-state index contributed by atoms with van der Waals surface area (Å²) in [7, 11) is -8.37. The van der Waals surface area contributed by atoms with Crippen molar-refractivity contribution in [2.75, 3.05) is 43.4 Å². The molecule has 4 atom stereocenters. The van der Waals surface area contributed by atoms with Crippen LogP contribution in [0.25, 0.3) is 11.6 Å². The summed E-state index contributed by atoms with van der Waals surface area (Å²) in [5.74, 6) is -4.52. The van der Waals surface area contributed by atoms with E-state index in [9.17, 15) is 45.6 Å². The molecule has 1 aromatic carbocycles. The second-order valence-corrected chi connectivity index (χ2v) is 21.0. The first-order valence-electron chi connectivity index (χ1n) is 20.9. The normalized spacial score (nSPS) is 18.1. The molecule has 2 aliphatic heterocycles. The van der Waals surface area contributed by atoms with E-state index in [-0.39, 0.29) is 28.9 Å². The number of amides is 4. The molecule has 0 unspecified atom stereocenters. The number of carbonyl (C=O) groups excluding carboxylic acids is 6. The number of benzene rings is 1. The number of sulfone groups is 1. The third kappa shape index (κ3) is 11.3. The first-order chi connectivity index (χ1) is 30.1. The summed E-state index contributed by atoms with van der Waals surface area (Å²) in [5, 5.41) is 10.8. The molecule has 64 heavy (non-hydrogen) atoms. The Kier molecular flexibility index (Phi) is 16.0. The van der Waals surface area contributed by atoms with Gasteiger partial charge in [-0.05, 0) is 96.6 Å². The molecule has 5 rings (SSSR count). The highest BCUT2D eigenvalue weighted by Gasteiger charge is 2.40. The Hall–Kier alpha value is -5.42. The number of ether oxygens (including phenoxy) is 2. The number of sulfonamides is 1. The van der Waals surface area contributed by atoms with E-state index in [0.717, 1.165) is 20.0 Å². The summed E-state index contributed by atoms with van der Waals surface area (Å²) >= 11 is 0.525. The number of fused-ring (bicyclic) bond motifs is 2. The van der Waals surface area contributed by atoms with Crippen LogP contribution in [0.2, 0.25) is 0 Å². The molecule has 0 radical (unpaired) electrons. The number of aryl methyl sites for hydroxylation is 1. The molecule has 348 valence electrons. The summed E-state index contributed by atoms with van der Waals surface area (Å²) < 4.78 is 63.7. The Bertz CT molecular complexity index is 2580. The quantitative estimate of drug-likeness (QED) is 0.0742. The Balaban J connectivity index is 1.12. The second-order valence-electron chi connectivity index (χ2n) is 15.5. The van der Waals surface area contributed by atoms with Crippen molar-refractivity contribution >= 4 is 89.8 Å². The van der Waals surface area contributed by atoms with Gasteiger partial charge in [0, 0.05) is 59.4 Å². The summed E-state index contributed by atoms with van der Waals surface area (Å²) in [6, 6.07) is 5.59. The number of nitrogens with zero attached hydrogens (tertiary/aromatic N) is 1. The largest absolute Gasteiger partial charge is 0.451 e. The third-order valence-corrected chi connectivity index (χ3v) is 16.6. The molecule has 2 aromatic heterocycles. The number of carbonyl (C=O) groups is 6. The molecule has 0 aliphatic carbocycles. The zero-order chi connectivity index (χ0) is 47.3. The van der Waals surface area contributed by atoms with Crippen LogP contribution in [0.15, 0.2) is 32.7 Å². The van der Waals surface area contributed by atoms with Crippen LogP contribution >= 0.6 is 11.3 Å². The minimum absolute atomic E-state index is 0.100. The number of thiophene rings is 1. The van der Waals surface area contributed by atoms with Crippen LogP contribution in [0, 0.1) is 13.8 Å². The van der Waals surface area contributed by atoms with E-state index in [1.807, 2.05) is 11.6 Å². The van der Waals surface area contributed by atoms with Crippen molar-refractivity contribution in [3.8, 4) is 0 Å². The summed E-state index contributed by atoms with van der Waals surface area (Å²) in [4.78, 5) is 82.6. The van der Waals surface area contributed by atoms with Gasteiger partial charge in [-0.3, -0.25) is 24.0 Å². The molecule has 4 heterocycles. The summed E-state index contributed by atoms with van der Waals surface area (Å²) in [5.41, 5.74) is 4.30. The number of aromatic amines is 1. The Morgan fingerprint density at radius 3 is 2.39 bits per heavy atom. The van der Waals surface area contributed by atoms with Crippen molar-refractivity contribution in [1.29, 1.82) is 0 Å². The van der Waals surface area contributed by atoms with E-state index in [1.54, 1.807) is 45.0 Å². The van der Waals surface area contributed by atoms with Gasteiger partial charge >= 0.3 is 11.9 Å². The van der Waals surface area contributed by atoms with Gasteiger partial charge in [-0.25, -0.2) is 26.4 Å². The van der Waals surface area contributed by atoms with Crippen LogP contribution in [-0.4, -0.2) is 112 Å². The van der Waals surface area contributed by atoms with E-state index < -0.39 is 77.7 Å².